The second-order valence-corrected chi connectivity index (χ2v) is 20.5. The summed E-state index contributed by atoms with van der Waals surface area (Å²) in [7, 11) is 1.16. The van der Waals surface area contributed by atoms with Gasteiger partial charge in [-0.15, -0.1) is 0 Å². The Morgan fingerprint density at radius 1 is 0.590 bits per heavy atom. The second-order valence-electron chi connectivity index (χ2n) is 20.5. The van der Waals surface area contributed by atoms with Crippen LogP contribution in [-0.2, 0) is 88.2 Å². The molecule has 2 saturated heterocycles. The smallest absolute Gasteiger partial charge is 0.407 e. The van der Waals surface area contributed by atoms with Crippen LogP contribution in [0.4, 0.5) is 4.79 Å². The van der Waals surface area contributed by atoms with Gasteiger partial charge in [0.1, 0.15) is 68.0 Å². The summed E-state index contributed by atoms with van der Waals surface area (Å²) in [6.07, 6.45) is -13.9. The van der Waals surface area contributed by atoms with E-state index in [0.29, 0.717) is 0 Å². The molecule has 6 aromatic rings. The third kappa shape index (κ3) is 15.8. The molecular formula is C64H71N3O16. The summed E-state index contributed by atoms with van der Waals surface area (Å²) >= 11 is 0. The molecule has 2 aliphatic heterocycles. The molecule has 3 aliphatic rings. The molecular weight excluding hydrogens is 1070 g/mol. The highest BCUT2D eigenvalue weighted by molar-refractivity contribution is 5.89. The minimum Gasteiger partial charge on any atom is -0.468 e. The van der Waals surface area contributed by atoms with Crippen LogP contribution in [0.1, 0.15) is 53.1 Å². The summed E-state index contributed by atoms with van der Waals surface area (Å²) in [4.78, 5) is 53.6. The van der Waals surface area contributed by atoms with E-state index in [4.69, 9.17) is 47.4 Å². The Morgan fingerprint density at radius 2 is 1.08 bits per heavy atom. The highest BCUT2D eigenvalue weighted by Crippen LogP contribution is 2.44. The monoisotopic (exact) mass is 1140 g/mol. The van der Waals surface area contributed by atoms with Gasteiger partial charge in [-0.25, -0.2) is 4.79 Å². The number of nitrogens with one attached hydrogen (secondary N) is 3. The first-order valence-corrected chi connectivity index (χ1v) is 27.7. The quantitative estimate of drug-likeness (QED) is 0.0377. The number of fused-ring (bicyclic) bond motifs is 3. The molecule has 2 heterocycles. The molecule has 83 heavy (non-hydrogen) atoms. The van der Waals surface area contributed by atoms with Crippen molar-refractivity contribution in [2.24, 2.45) is 0 Å². The number of ether oxygens (including phenoxy) is 10. The lowest BCUT2D eigenvalue weighted by molar-refractivity contribution is -0.361. The van der Waals surface area contributed by atoms with Gasteiger partial charge in [-0.3, -0.25) is 14.4 Å². The van der Waals surface area contributed by atoms with Crippen LogP contribution in [0.3, 0.4) is 0 Å². The van der Waals surface area contributed by atoms with Crippen molar-refractivity contribution in [3.63, 3.8) is 0 Å². The van der Waals surface area contributed by atoms with Crippen molar-refractivity contribution in [3.05, 3.63) is 203 Å². The van der Waals surface area contributed by atoms with Gasteiger partial charge in [0.25, 0.3) is 0 Å². The van der Waals surface area contributed by atoms with Crippen LogP contribution in [0.15, 0.2) is 170 Å². The fraction of sp³-hybridized carbons (Fsp3) is 0.375. The molecule has 0 unspecified atom stereocenters. The third-order valence-corrected chi connectivity index (χ3v) is 14.7. The summed E-state index contributed by atoms with van der Waals surface area (Å²) in [5.41, 5.74) is 7.42. The molecule has 0 aromatic heterocycles. The molecule has 6 aromatic carbocycles. The van der Waals surface area contributed by atoms with Gasteiger partial charge in [0.2, 0.25) is 11.8 Å². The molecule has 0 bridgehead atoms. The van der Waals surface area contributed by atoms with Crippen LogP contribution < -0.4 is 16.0 Å². The van der Waals surface area contributed by atoms with E-state index >= 15 is 0 Å². The predicted octanol–water partition coefficient (Wildman–Crippen LogP) is 6.25. The van der Waals surface area contributed by atoms with Gasteiger partial charge >= 0.3 is 12.1 Å². The lowest BCUT2D eigenvalue weighted by Crippen LogP contribution is -2.69. The average molecular weight is 1140 g/mol. The molecule has 0 spiro atoms. The molecule has 19 nitrogen and oxygen atoms in total. The van der Waals surface area contributed by atoms with Gasteiger partial charge in [0.15, 0.2) is 12.6 Å². The number of hydrogen-bond acceptors (Lipinski definition) is 16. The third-order valence-electron chi connectivity index (χ3n) is 14.7. The zero-order chi connectivity index (χ0) is 58.1. The number of esters is 1. The molecule has 19 heteroatoms. The van der Waals surface area contributed by atoms with E-state index in [1.807, 2.05) is 170 Å². The van der Waals surface area contributed by atoms with E-state index in [-0.39, 0.29) is 45.6 Å². The Bertz CT molecular complexity index is 2970. The molecule has 9 rings (SSSR count). The van der Waals surface area contributed by atoms with Crippen molar-refractivity contribution in [1.82, 2.24) is 16.0 Å². The second kappa shape index (κ2) is 29.7. The maximum Gasteiger partial charge on any atom is 0.407 e. The normalized spacial score (nSPS) is 23.6. The molecule has 2 fully saturated rings. The highest BCUT2D eigenvalue weighted by atomic mass is 16.7. The fourth-order valence-electron chi connectivity index (χ4n) is 10.5. The Hall–Kier alpha value is -7.40. The number of alkyl carbamates (subject to hydrolysis) is 1. The standard InChI is InChI=1S/C64H71N3O16/c1-40(54(61(72)65-32-53(70)74-3)67-64(73)79-38-50-48-30-18-16-28-46(48)47-29-17-19-31-49(47)50)80-62-55(66-41(2)69)58(56(71)51(33-68)81-62)83-63-60(78-37-45-26-14-7-15-27-45)59(77-36-44-24-12-6-13-25-44)57(76-35-43-22-10-5-11-23-43)52(82-63)39-75-34-42-20-8-4-9-21-42/h4-31,40,50-52,54-60,62-63,68,71H,32-39H2,1-3H3,(H,65,72)(H,66,69)(H,67,73)/t40-,51-,52-,54+,55-,56+,57+,58-,59+,60-,62+,63+/m1/s1. The average Bonchev–Trinajstić information content (AvgIpc) is 2.76. The number of amides is 3. The zero-order valence-corrected chi connectivity index (χ0v) is 46.4. The van der Waals surface area contributed by atoms with E-state index in [1.165, 1.54) is 13.8 Å². The van der Waals surface area contributed by atoms with Gasteiger partial charge in [0, 0.05) is 12.8 Å². The van der Waals surface area contributed by atoms with Crippen LogP contribution in [0.2, 0.25) is 0 Å². The number of benzene rings is 6. The summed E-state index contributed by atoms with van der Waals surface area (Å²) in [5, 5.41) is 31.0. The maximum absolute atomic E-state index is 14.1. The maximum atomic E-state index is 14.1. The van der Waals surface area contributed by atoms with Gasteiger partial charge in [-0.2, -0.15) is 0 Å². The van der Waals surface area contributed by atoms with Crippen molar-refractivity contribution in [1.29, 1.82) is 0 Å². The summed E-state index contributed by atoms with van der Waals surface area (Å²) < 4.78 is 64.3. The number of aliphatic hydroxyl groups excluding tert-OH is 2. The molecule has 3 amide bonds. The lowest BCUT2D eigenvalue weighted by atomic mass is 9.94. The van der Waals surface area contributed by atoms with Crippen LogP contribution in [0, 0.1) is 0 Å². The number of carbonyl (C=O) groups is 4. The Labute approximate surface area is 482 Å². The number of rotatable bonds is 26. The summed E-state index contributed by atoms with van der Waals surface area (Å²) in [6.45, 7) is 1.78. The van der Waals surface area contributed by atoms with Gasteiger partial charge in [0.05, 0.1) is 52.9 Å². The molecule has 0 saturated carbocycles. The van der Waals surface area contributed by atoms with E-state index < -0.39 is 111 Å². The van der Waals surface area contributed by atoms with Crippen LogP contribution >= 0.6 is 0 Å². The molecule has 438 valence electrons. The molecule has 0 radical (unpaired) electrons. The van der Waals surface area contributed by atoms with Crippen LogP contribution in [0.25, 0.3) is 11.1 Å². The zero-order valence-electron chi connectivity index (χ0n) is 46.4. The number of aliphatic hydroxyl groups is 2. The minimum atomic E-state index is -1.67. The van der Waals surface area contributed by atoms with Crippen molar-refractivity contribution >= 4 is 23.9 Å². The van der Waals surface area contributed by atoms with Crippen molar-refractivity contribution in [2.75, 3.05) is 33.5 Å². The first-order valence-electron chi connectivity index (χ1n) is 27.7. The van der Waals surface area contributed by atoms with E-state index in [1.54, 1.807) is 0 Å². The van der Waals surface area contributed by atoms with Crippen molar-refractivity contribution in [2.45, 2.75) is 120 Å². The molecule has 1 aliphatic carbocycles. The summed E-state index contributed by atoms with van der Waals surface area (Å²) in [5.74, 6) is -2.54. The first kappa shape index (κ1) is 60.2. The SMILES string of the molecule is COC(=O)CNC(=O)[C@@H](NC(=O)OCC1c2ccccc2-c2ccccc21)[C@@H](C)O[C@H]1O[C@H](CO)[C@H](O)[C@H](O[C@@H]2O[C@H](COCc3ccccc3)[C@H](OCc3ccccc3)[C@H](OCc3ccccc3)[C@H]2OCc2ccccc2)[C@H]1NC(C)=O. The highest BCUT2D eigenvalue weighted by Gasteiger charge is 2.54. The number of methoxy groups -OCH3 is 1. The topological polar surface area (TPSA) is 237 Å². The number of carbonyl (C=O) groups excluding carboxylic acids is 4. The van der Waals surface area contributed by atoms with Gasteiger partial charge in [-0.1, -0.05) is 170 Å². The Balaban J connectivity index is 1.02. The Morgan fingerprint density at radius 3 is 1.61 bits per heavy atom. The largest absolute Gasteiger partial charge is 0.468 e. The Kier molecular flexibility index (Phi) is 21.6. The van der Waals surface area contributed by atoms with Gasteiger partial charge < -0.3 is 73.5 Å². The fourth-order valence-corrected chi connectivity index (χ4v) is 10.5. The van der Waals surface area contributed by atoms with Crippen LogP contribution in [-0.4, -0.2) is 141 Å². The van der Waals surface area contributed by atoms with E-state index in [0.717, 1.165) is 51.6 Å². The summed E-state index contributed by atoms with van der Waals surface area (Å²) in [6, 6.07) is 50.9. The lowest BCUT2D eigenvalue weighted by Gasteiger charge is -2.50. The van der Waals surface area contributed by atoms with E-state index in [2.05, 4.69) is 16.0 Å². The van der Waals surface area contributed by atoms with E-state index in [9.17, 15) is 29.4 Å². The van der Waals surface area contributed by atoms with Gasteiger partial charge in [-0.05, 0) is 51.4 Å². The van der Waals surface area contributed by atoms with Crippen molar-refractivity contribution in [3.8, 4) is 11.1 Å². The molecule has 12 atom stereocenters. The molecule has 5 N–H and O–H groups in total. The minimum absolute atomic E-state index is 0.0328. The first-order chi connectivity index (χ1) is 40.5. The van der Waals surface area contributed by atoms with Crippen LogP contribution in [0.5, 0.6) is 0 Å². The van der Waals surface area contributed by atoms with Crippen molar-refractivity contribution < 1.29 is 76.8 Å². The number of hydrogen-bond donors (Lipinski definition) is 5. The predicted molar refractivity (Wildman–Crippen MR) is 302 cm³/mol.